The topological polar surface area (TPSA) is 9.23 Å². The van der Waals surface area contributed by atoms with Gasteiger partial charge in [-0.1, -0.05) is 21.6 Å². The molecule has 0 aromatic carbocycles. The van der Waals surface area contributed by atoms with E-state index in [0.29, 0.717) is 0 Å². The van der Waals surface area contributed by atoms with Crippen LogP contribution in [0.15, 0.2) is 0 Å². The fourth-order valence-corrected chi connectivity index (χ4v) is 1.82. The first kappa shape index (κ1) is 12.4. The van der Waals surface area contributed by atoms with Crippen molar-refractivity contribution in [2.75, 3.05) is 24.7 Å². The van der Waals surface area contributed by atoms with Crippen molar-refractivity contribution in [2.45, 2.75) is 12.8 Å². The van der Waals surface area contributed by atoms with E-state index in [1.54, 1.807) is 21.6 Å². The first-order valence-corrected chi connectivity index (χ1v) is 7.60. The molecule has 11 heavy (non-hydrogen) atoms. The Kier molecular flexibility index (Phi) is 12.8. The van der Waals surface area contributed by atoms with Crippen molar-refractivity contribution in [1.82, 2.24) is 0 Å². The van der Waals surface area contributed by atoms with Crippen molar-refractivity contribution < 1.29 is 4.74 Å². The van der Waals surface area contributed by atoms with Crippen LogP contribution in [0.25, 0.3) is 0 Å². The number of hydrogen-bond donors (Lipinski definition) is 2. The predicted molar refractivity (Wildman–Crippen MR) is 62.9 cm³/mol. The summed E-state index contributed by atoms with van der Waals surface area (Å²) in [6.07, 6.45) is 2.20. The van der Waals surface area contributed by atoms with Crippen molar-refractivity contribution in [1.29, 1.82) is 0 Å². The minimum absolute atomic E-state index is 0.866. The van der Waals surface area contributed by atoms with E-state index in [2.05, 4.69) is 23.3 Å². The lowest BCUT2D eigenvalue weighted by Crippen LogP contribution is -1.98. The van der Waals surface area contributed by atoms with Gasteiger partial charge >= 0.3 is 0 Å². The van der Waals surface area contributed by atoms with Crippen LogP contribution in [0.3, 0.4) is 0 Å². The molecule has 0 bridgehead atoms. The molecule has 0 aromatic heterocycles. The second-order valence-corrected chi connectivity index (χ2v) is 4.87. The molecule has 0 atom stereocenters. The summed E-state index contributed by atoms with van der Waals surface area (Å²) in [5, 5.41) is 0. The van der Waals surface area contributed by atoms with Crippen LogP contribution >= 0.6 is 44.9 Å². The molecular weight excluding hydrogens is 216 g/mol. The Bertz CT molecular complexity index is 63.6. The van der Waals surface area contributed by atoms with Gasteiger partial charge in [0.2, 0.25) is 0 Å². The maximum atomic E-state index is 5.34. The number of rotatable bonds is 8. The van der Waals surface area contributed by atoms with Crippen molar-refractivity contribution in [2.24, 2.45) is 0 Å². The zero-order chi connectivity index (χ0) is 8.36. The number of hydrogen-bond acceptors (Lipinski definition) is 5. The molecule has 0 heterocycles. The molecule has 0 N–H and O–H groups in total. The third-order valence-corrected chi connectivity index (χ3v) is 3.09. The molecule has 5 heteroatoms. The van der Waals surface area contributed by atoms with Gasteiger partial charge in [-0.05, 0) is 12.8 Å². The lowest BCUT2D eigenvalue weighted by atomic mass is 10.5. The van der Waals surface area contributed by atoms with Crippen molar-refractivity contribution in [3.05, 3.63) is 0 Å². The molecule has 0 spiro atoms. The van der Waals surface area contributed by atoms with E-state index in [0.717, 1.165) is 37.6 Å². The van der Waals surface area contributed by atoms with Crippen LogP contribution < -0.4 is 0 Å². The molecule has 0 rings (SSSR count). The first-order valence-electron chi connectivity index (χ1n) is 3.52. The van der Waals surface area contributed by atoms with Gasteiger partial charge in [0.05, 0.1) is 0 Å². The monoisotopic (exact) mass is 230 g/mol. The molecule has 0 aliphatic rings. The Hall–Kier alpha value is 1.36. The van der Waals surface area contributed by atoms with Gasteiger partial charge in [0.1, 0.15) is 0 Å². The fraction of sp³-hybridized carbons (Fsp3) is 1.00. The van der Waals surface area contributed by atoms with Crippen molar-refractivity contribution in [3.8, 4) is 0 Å². The van der Waals surface area contributed by atoms with Crippen LogP contribution in [0.2, 0.25) is 0 Å². The molecule has 0 radical (unpaired) electrons. The number of ether oxygens (including phenoxy) is 1. The summed E-state index contributed by atoms with van der Waals surface area (Å²) in [6.45, 7) is 1.73. The van der Waals surface area contributed by atoms with E-state index < -0.39 is 0 Å². The highest BCUT2D eigenvalue weighted by molar-refractivity contribution is 8.68. The molecule has 0 unspecified atom stereocenters. The van der Waals surface area contributed by atoms with E-state index in [1.165, 1.54) is 0 Å². The van der Waals surface area contributed by atoms with Gasteiger partial charge in [0.25, 0.3) is 0 Å². The highest BCUT2D eigenvalue weighted by Crippen LogP contribution is 2.07. The van der Waals surface area contributed by atoms with Gasteiger partial charge in [-0.2, -0.15) is 0 Å². The van der Waals surface area contributed by atoms with E-state index in [1.807, 2.05) is 0 Å². The maximum absolute atomic E-state index is 5.34. The van der Waals surface area contributed by atoms with E-state index >= 15 is 0 Å². The Morgan fingerprint density at radius 1 is 0.909 bits per heavy atom. The molecule has 0 aromatic rings. The Labute approximate surface area is 87.0 Å². The smallest absolute Gasteiger partial charge is 0.0474 e. The Morgan fingerprint density at radius 2 is 1.36 bits per heavy atom. The summed E-state index contributed by atoms with van der Waals surface area (Å²) in [7, 11) is 3.14. The van der Waals surface area contributed by atoms with Gasteiger partial charge in [-0.25, -0.2) is 0 Å². The summed E-state index contributed by atoms with van der Waals surface area (Å²) < 4.78 is 5.34. The molecule has 0 aliphatic carbocycles. The molecular formula is C6H14OS4. The highest BCUT2D eigenvalue weighted by atomic mass is 33.1. The Balaban J connectivity index is 2.69. The fourth-order valence-electron chi connectivity index (χ4n) is 0.553. The highest BCUT2D eigenvalue weighted by Gasteiger charge is 1.88. The van der Waals surface area contributed by atoms with E-state index in [-0.39, 0.29) is 0 Å². The lowest BCUT2D eigenvalue weighted by Gasteiger charge is -2.01. The zero-order valence-electron chi connectivity index (χ0n) is 6.36. The van der Waals surface area contributed by atoms with E-state index in [9.17, 15) is 0 Å². The normalized spacial score (nSPS) is 10.4. The third-order valence-electron chi connectivity index (χ3n) is 1.05. The molecule has 68 valence electrons. The van der Waals surface area contributed by atoms with Crippen LogP contribution in [0, 0.1) is 0 Å². The average Bonchev–Trinajstić information content (AvgIpc) is 2.03. The van der Waals surface area contributed by atoms with E-state index in [4.69, 9.17) is 4.74 Å². The average molecular weight is 230 g/mol. The summed E-state index contributed by atoms with van der Waals surface area (Å²) >= 11 is 8.05. The van der Waals surface area contributed by atoms with Gasteiger partial charge in [-0.3, -0.25) is 0 Å². The molecule has 0 fully saturated rings. The quantitative estimate of drug-likeness (QED) is 0.377. The summed E-state index contributed by atoms with van der Waals surface area (Å²) in [4.78, 5) is 0. The van der Waals surface area contributed by atoms with Gasteiger partial charge in [0.15, 0.2) is 0 Å². The molecule has 0 amide bonds. The van der Waals surface area contributed by atoms with Gasteiger partial charge in [0, 0.05) is 24.7 Å². The number of thiol groups is 2. The van der Waals surface area contributed by atoms with Crippen LogP contribution in [0.1, 0.15) is 12.8 Å². The minimum Gasteiger partial charge on any atom is -0.381 e. The Morgan fingerprint density at radius 3 is 1.73 bits per heavy atom. The van der Waals surface area contributed by atoms with Crippen molar-refractivity contribution >= 4 is 44.9 Å². The van der Waals surface area contributed by atoms with Crippen molar-refractivity contribution in [3.63, 3.8) is 0 Å². The largest absolute Gasteiger partial charge is 0.381 e. The second kappa shape index (κ2) is 11.4. The van der Waals surface area contributed by atoms with Crippen LogP contribution in [0.4, 0.5) is 0 Å². The third kappa shape index (κ3) is 11.4. The molecule has 0 saturated carbocycles. The summed E-state index contributed by atoms with van der Waals surface area (Å²) in [5.41, 5.74) is 0. The molecule has 0 saturated heterocycles. The summed E-state index contributed by atoms with van der Waals surface area (Å²) in [6, 6.07) is 0. The maximum Gasteiger partial charge on any atom is 0.0474 e. The standard InChI is InChI=1S/C6H14OS4/c8-10-5-1-3-7-4-2-6-11-9/h8-9H,1-6H2. The minimum atomic E-state index is 0.866. The first-order chi connectivity index (χ1) is 5.41. The van der Waals surface area contributed by atoms with Crippen LogP contribution in [-0.2, 0) is 4.74 Å². The van der Waals surface area contributed by atoms with Crippen LogP contribution in [0.5, 0.6) is 0 Å². The SMILES string of the molecule is SSCCCOCCCSS. The lowest BCUT2D eigenvalue weighted by molar-refractivity contribution is 0.137. The second-order valence-electron chi connectivity index (χ2n) is 1.99. The molecule has 1 nitrogen and oxygen atoms in total. The zero-order valence-corrected chi connectivity index (χ0v) is 9.78. The molecule has 0 aliphatic heterocycles. The van der Waals surface area contributed by atoms with Crippen LogP contribution in [-0.4, -0.2) is 24.7 Å². The van der Waals surface area contributed by atoms with Gasteiger partial charge in [-0.15, -0.1) is 23.3 Å². The van der Waals surface area contributed by atoms with Gasteiger partial charge < -0.3 is 4.74 Å². The summed E-state index contributed by atoms with van der Waals surface area (Å²) in [5.74, 6) is 2.15. The predicted octanol–water partition coefficient (Wildman–Crippen LogP) is 2.94.